The molecule has 7 nitrogen and oxygen atoms in total. The van der Waals surface area contributed by atoms with Crippen molar-refractivity contribution in [2.24, 2.45) is 7.05 Å². The van der Waals surface area contributed by atoms with Crippen molar-refractivity contribution in [3.8, 4) is 11.8 Å². The number of halogens is 3. The van der Waals surface area contributed by atoms with E-state index in [1.54, 1.807) is 0 Å². The molecular formula is C15H13F3N4O3. The zero-order chi connectivity index (χ0) is 18.8. The topological polar surface area (TPSA) is 89.0 Å². The predicted octanol–water partition coefficient (Wildman–Crippen LogP) is 1.08. The summed E-state index contributed by atoms with van der Waals surface area (Å²) in [5.74, 6) is 0. The van der Waals surface area contributed by atoms with E-state index in [2.05, 4.69) is 5.48 Å². The minimum atomic E-state index is -4.83. The van der Waals surface area contributed by atoms with Gasteiger partial charge in [-0.3, -0.25) is 9.36 Å². The van der Waals surface area contributed by atoms with E-state index in [9.17, 15) is 22.8 Å². The van der Waals surface area contributed by atoms with Gasteiger partial charge in [-0.1, -0.05) is 0 Å². The number of hydrogen-bond acceptors (Lipinski definition) is 5. The fraction of sp³-hybridized carbons (Fsp3) is 0.267. The molecule has 0 bridgehead atoms. The molecule has 2 aromatic rings. The monoisotopic (exact) mass is 354 g/mol. The van der Waals surface area contributed by atoms with Gasteiger partial charge in [0.15, 0.2) is 0 Å². The lowest BCUT2D eigenvalue weighted by molar-refractivity contribution is -0.144. The Morgan fingerprint density at radius 1 is 1.28 bits per heavy atom. The van der Waals surface area contributed by atoms with Gasteiger partial charge in [0.05, 0.1) is 24.4 Å². The number of aromatic nitrogens is 2. The third-order valence-corrected chi connectivity index (χ3v) is 3.49. The maximum Gasteiger partial charge on any atom is 0.431 e. The minimum Gasteiger partial charge on any atom is -0.305 e. The molecule has 0 atom stereocenters. The van der Waals surface area contributed by atoms with Crippen LogP contribution in [0.5, 0.6) is 0 Å². The summed E-state index contributed by atoms with van der Waals surface area (Å²) in [6.07, 6.45) is -4.83. The number of hydroxylamine groups is 1. The second-order valence-corrected chi connectivity index (χ2v) is 5.02. The van der Waals surface area contributed by atoms with Crippen LogP contribution in [-0.4, -0.2) is 16.2 Å². The summed E-state index contributed by atoms with van der Waals surface area (Å²) in [6.45, 7) is 0.100. The first-order valence-electron chi connectivity index (χ1n) is 6.90. The van der Waals surface area contributed by atoms with Crippen LogP contribution in [0.3, 0.4) is 0 Å². The average Bonchev–Trinajstić information content (AvgIpc) is 2.55. The van der Waals surface area contributed by atoms with Crippen LogP contribution >= 0.6 is 0 Å². The summed E-state index contributed by atoms with van der Waals surface area (Å²) < 4.78 is 39.6. The van der Waals surface area contributed by atoms with E-state index in [4.69, 9.17) is 10.1 Å². The molecule has 0 aliphatic carbocycles. The molecule has 1 N–H and O–H groups in total. The number of alkyl halides is 3. The lowest BCUT2D eigenvalue weighted by Crippen LogP contribution is -2.40. The van der Waals surface area contributed by atoms with Crippen LogP contribution in [0.2, 0.25) is 0 Å². The third kappa shape index (κ3) is 3.62. The quantitative estimate of drug-likeness (QED) is 0.830. The van der Waals surface area contributed by atoms with E-state index in [1.165, 1.54) is 25.3 Å². The molecule has 0 aliphatic rings. The summed E-state index contributed by atoms with van der Waals surface area (Å²) in [5, 5.41) is 9.08. The smallest absolute Gasteiger partial charge is 0.305 e. The molecule has 0 radical (unpaired) electrons. The van der Waals surface area contributed by atoms with Crippen LogP contribution in [0.1, 0.15) is 16.8 Å². The lowest BCUT2D eigenvalue weighted by Gasteiger charge is -2.14. The highest BCUT2D eigenvalue weighted by molar-refractivity contribution is 5.46. The average molecular weight is 354 g/mol. The van der Waals surface area contributed by atoms with Crippen molar-refractivity contribution < 1.29 is 18.0 Å². The maximum absolute atomic E-state index is 12.9. The molecule has 0 amide bonds. The first kappa shape index (κ1) is 18.4. The number of benzene rings is 1. The van der Waals surface area contributed by atoms with Gasteiger partial charge in [0.25, 0.3) is 5.56 Å². The summed E-state index contributed by atoms with van der Waals surface area (Å²) in [5.41, 5.74) is -0.356. The van der Waals surface area contributed by atoms with Crippen molar-refractivity contribution in [1.29, 1.82) is 5.26 Å². The summed E-state index contributed by atoms with van der Waals surface area (Å²) >= 11 is 0. The van der Waals surface area contributed by atoms with Crippen molar-refractivity contribution in [2.45, 2.75) is 12.7 Å². The Kier molecular flexibility index (Phi) is 5.10. The van der Waals surface area contributed by atoms with Crippen LogP contribution in [-0.2, 0) is 24.6 Å². The van der Waals surface area contributed by atoms with Gasteiger partial charge in [0.2, 0.25) is 0 Å². The SMILES string of the molecule is CONCc1cc(-n2c(=O)cc(C(F)(F)F)n(C)c2=O)ccc1C#N. The van der Waals surface area contributed by atoms with Crippen molar-refractivity contribution in [3.05, 3.63) is 61.9 Å². The second kappa shape index (κ2) is 6.92. The normalized spacial score (nSPS) is 11.4. The number of nitrogens with zero attached hydrogens (tertiary/aromatic N) is 3. The van der Waals surface area contributed by atoms with Gasteiger partial charge in [0.1, 0.15) is 5.69 Å². The van der Waals surface area contributed by atoms with Gasteiger partial charge < -0.3 is 4.84 Å². The largest absolute Gasteiger partial charge is 0.431 e. The zero-order valence-electron chi connectivity index (χ0n) is 13.2. The van der Waals surface area contributed by atoms with E-state index < -0.39 is 23.1 Å². The van der Waals surface area contributed by atoms with Gasteiger partial charge in [-0.2, -0.15) is 23.9 Å². The molecule has 132 valence electrons. The first-order valence-corrected chi connectivity index (χ1v) is 6.90. The van der Waals surface area contributed by atoms with Crippen molar-refractivity contribution in [3.63, 3.8) is 0 Å². The highest BCUT2D eigenvalue weighted by atomic mass is 19.4. The van der Waals surface area contributed by atoms with Gasteiger partial charge in [-0.15, -0.1) is 0 Å². The lowest BCUT2D eigenvalue weighted by atomic mass is 10.1. The molecule has 0 saturated heterocycles. The first-order chi connectivity index (χ1) is 11.7. The molecular weight excluding hydrogens is 341 g/mol. The number of hydrogen-bond donors (Lipinski definition) is 1. The van der Waals surface area contributed by atoms with Crippen LogP contribution in [0.4, 0.5) is 13.2 Å². The fourth-order valence-corrected chi connectivity index (χ4v) is 2.26. The second-order valence-electron chi connectivity index (χ2n) is 5.02. The Bertz CT molecular complexity index is 954. The van der Waals surface area contributed by atoms with Gasteiger partial charge >= 0.3 is 11.9 Å². The molecule has 0 aliphatic heterocycles. The number of rotatable bonds is 4. The Balaban J connectivity index is 2.68. The molecule has 0 unspecified atom stereocenters. The standard InChI is InChI=1S/C15H13F3N4O3/c1-21-12(15(16,17)18)6-13(23)22(14(21)24)11-4-3-9(7-19)10(5-11)8-20-25-2/h3-6,20H,8H2,1-2H3. The molecule has 1 aromatic carbocycles. The Morgan fingerprint density at radius 2 is 1.96 bits per heavy atom. The number of nitrogens with one attached hydrogen (secondary N) is 1. The Labute approximate surface area is 139 Å². The molecule has 0 saturated carbocycles. The van der Waals surface area contributed by atoms with Crippen LogP contribution < -0.4 is 16.7 Å². The summed E-state index contributed by atoms with van der Waals surface area (Å²) in [4.78, 5) is 29.0. The maximum atomic E-state index is 12.9. The Morgan fingerprint density at radius 3 is 2.52 bits per heavy atom. The molecule has 2 rings (SSSR count). The molecule has 10 heteroatoms. The van der Waals surface area contributed by atoms with Crippen LogP contribution in [0.25, 0.3) is 5.69 Å². The van der Waals surface area contributed by atoms with Crippen molar-refractivity contribution in [2.75, 3.05) is 7.11 Å². The molecule has 25 heavy (non-hydrogen) atoms. The predicted molar refractivity (Wildman–Crippen MR) is 80.8 cm³/mol. The molecule has 1 heterocycles. The van der Waals surface area contributed by atoms with Crippen LogP contribution in [0, 0.1) is 11.3 Å². The number of nitriles is 1. The van der Waals surface area contributed by atoms with Gasteiger partial charge in [-0.25, -0.2) is 9.36 Å². The van der Waals surface area contributed by atoms with Crippen molar-refractivity contribution in [1.82, 2.24) is 14.6 Å². The highest BCUT2D eigenvalue weighted by Gasteiger charge is 2.35. The minimum absolute atomic E-state index is 0.0474. The van der Waals surface area contributed by atoms with E-state index in [-0.39, 0.29) is 17.8 Å². The fourth-order valence-electron chi connectivity index (χ4n) is 2.26. The molecule has 0 fully saturated rings. The third-order valence-electron chi connectivity index (χ3n) is 3.49. The summed E-state index contributed by atoms with van der Waals surface area (Å²) in [6, 6.07) is 6.33. The van der Waals surface area contributed by atoms with E-state index in [0.29, 0.717) is 20.8 Å². The Hall–Kier alpha value is -2.90. The zero-order valence-corrected chi connectivity index (χ0v) is 13.2. The van der Waals surface area contributed by atoms with Crippen LogP contribution in [0.15, 0.2) is 33.9 Å². The van der Waals surface area contributed by atoms with Crippen molar-refractivity contribution >= 4 is 0 Å². The molecule has 1 aromatic heterocycles. The van der Waals surface area contributed by atoms with E-state index in [0.717, 1.165) is 7.05 Å². The highest BCUT2D eigenvalue weighted by Crippen LogP contribution is 2.27. The van der Waals surface area contributed by atoms with Gasteiger partial charge in [-0.05, 0) is 23.8 Å². The van der Waals surface area contributed by atoms with E-state index in [1.807, 2.05) is 6.07 Å². The van der Waals surface area contributed by atoms with Gasteiger partial charge in [0, 0.05) is 19.7 Å². The molecule has 0 spiro atoms. The van der Waals surface area contributed by atoms with E-state index >= 15 is 0 Å². The summed E-state index contributed by atoms with van der Waals surface area (Å²) in [7, 11) is 2.30.